The van der Waals surface area contributed by atoms with Gasteiger partial charge in [-0.15, -0.1) is 0 Å². The molecule has 1 amide bonds. The molecule has 2 saturated heterocycles. The lowest BCUT2D eigenvalue weighted by Gasteiger charge is -2.16. The van der Waals surface area contributed by atoms with Crippen molar-refractivity contribution < 1.29 is 9.18 Å². The Balaban J connectivity index is 1.58. The number of halogens is 2. The van der Waals surface area contributed by atoms with E-state index in [2.05, 4.69) is 26.8 Å². The molecule has 2 fully saturated rings. The van der Waals surface area contributed by atoms with Gasteiger partial charge in [0.25, 0.3) is 5.91 Å². The molecule has 5 nitrogen and oxygen atoms in total. The summed E-state index contributed by atoms with van der Waals surface area (Å²) in [5.74, 6) is -0.462. The van der Waals surface area contributed by atoms with Crippen molar-refractivity contribution in [3.63, 3.8) is 0 Å². The van der Waals surface area contributed by atoms with Gasteiger partial charge in [-0.2, -0.15) is 0 Å². The summed E-state index contributed by atoms with van der Waals surface area (Å²) in [6, 6.07) is 13.6. The fourth-order valence-corrected chi connectivity index (χ4v) is 4.36. The van der Waals surface area contributed by atoms with Crippen LogP contribution in [0.5, 0.6) is 0 Å². The molecule has 0 radical (unpaired) electrons. The normalized spacial score (nSPS) is 24.2. The summed E-state index contributed by atoms with van der Waals surface area (Å²) >= 11 is 4.54. The van der Waals surface area contributed by atoms with Gasteiger partial charge in [-0.25, -0.2) is 9.82 Å². The molecule has 3 N–H and O–H groups in total. The molecule has 2 aromatic carbocycles. The molecule has 2 unspecified atom stereocenters. The first-order chi connectivity index (χ1) is 13.0. The summed E-state index contributed by atoms with van der Waals surface area (Å²) in [7, 11) is 0. The Labute approximate surface area is 168 Å². The van der Waals surface area contributed by atoms with E-state index in [1.165, 1.54) is 17.0 Å². The maximum Gasteiger partial charge on any atom is 0.270 e. The topological polar surface area (TPSA) is 68.2 Å². The lowest BCUT2D eigenvalue weighted by molar-refractivity contribution is -0.113. The molecule has 27 heavy (non-hydrogen) atoms. The van der Waals surface area contributed by atoms with Crippen molar-refractivity contribution in [2.75, 3.05) is 11.4 Å². The van der Waals surface area contributed by atoms with Crippen LogP contribution in [0, 0.1) is 17.1 Å². The van der Waals surface area contributed by atoms with E-state index < -0.39 is 0 Å². The molecule has 2 atom stereocenters. The summed E-state index contributed by atoms with van der Waals surface area (Å²) in [5.41, 5.74) is 7.90. The van der Waals surface area contributed by atoms with Crippen molar-refractivity contribution in [2.45, 2.75) is 6.04 Å². The van der Waals surface area contributed by atoms with E-state index >= 15 is 0 Å². The van der Waals surface area contributed by atoms with Crippen LogP contribution in [-0.4, -0.2) is 17.6 Å². The molecule has 2 aromatic rings. The first-order valence-electron chi connectivity index (χ1n) is 8.35. The maximum absolute atomic E-state index is 13.2. The molecular formula is C19H16BrFN4OS. The van der Waals surface area contributed by atoms with Crippen molar-refractivity contribution >= 4 is 44.5 Å². The lowest BCUT2D eigenvalue weighted by atomic mass is 9.94. The van der Waals surface area contributed by atoms with Crippen LogP contribution in [0.15, 0.2) is 64.0 Å². The Bertz CT molecular complexity index is 916. The fraction of sp³-hybridized carbons (Fsp3) is 0.158. The molecular weight excluding hydrogens is 431 g/mol. The van der Waals surface area contributed by atoms with Crippen LogP contribution in [0.25, 0.3) is 0 Å². The molecule has 0 spiro atoms. The molecule has 2 heterocycles. The summed E-state index contributed by atoms with van der Waals surface area (Å²) in [6.45, 7) is 0.644. The van der Waals surface area contributed by atoms with Gasteiger partial charge in [0, 0.05) is 16.9 Å². The van der Waals surface area contributed by atoms with E-state index in [4.69, 9.17) is 5.41 Å². The van der Waals surface area contributed by atoms with Gasteiger partial charge in [0.05, 0.1) is 16.6 Å². The van der Waals surface area contributed by atoms with E-state index in [0.717, 1.165) is 21.8 Å². The largest absolute Gasteiger partial charge is 0.278 e. The van der Waals surface area contributed by atoms with Gasteiger partial charge in [0.15, 0.2) is 5.17 Å². The van der Waals surface area contributed by atoms with Gasteiger partial charge < -0.3 is 0 Å². The van der Waals surface area contributed by atoms with Crippen molar-refractivity contribution in [2.24, 2.45) is 5.92 Å². The number of hydrogen-bond donors (Lipinski definition) is 3. The number of rotatable bonds is 3. The quantitative estimate of drug-likeness (QED) is 0.624. The van der Waals surface area contributed by atoms with Gasteiger partial charge in [0.2, 0.25) is 0 Å². The predicted molar refractivity (Wildman–Crippen MR) is 109 cm³/mol. The molecule has 0 saturated carbocycles. The summed E-state index contributed by atoms with van der Waals surface area (Å²) in [5, 5.41) is 8.40. The van der Waals surface area contributed by atoms with E-state index in [-0.39, 0.29) is 28.9 Å². The third-order valence-corrected chi connectivity index (χ3v) is 5.96. The standard InChI is InChI=1S/C19H16BrFN4OS/c20-13-3-7-15(8-4-13)25-18(26)16(27-19(25)22)9-12-10-23-24-17(12)11-1-5-14(21)6-2-11/h1-9,12,17,22-24H,10H2/b16-9-,22-19?. The second-order valence-electron chi connectivity index (χ2n) is 6.27. The van der Waals surface area contributed by atoms with Gasteiger partial charge in [-0.05, 0) is 53.7 Å². The van der Waals surface area contributed by atoms with E-state index in [9.17, 15) is 9.18 Å². The number of amides is 1. The van der Waals surface area contributed by atoms with Crippen LogP contribution in [0.3, 0.4) is 0 Å². The first kappa shape index (κ1) is 18.4. The van der Waals surface area contributed by atoms with Gasteiger partial charge >= 0.3 is 0 Å². The predicted octanol–water partition coefficient (Wildman–Crippen LogP) is 3.95. The highest BCUT2D eigenvalue weighted by molar-refractivity contribution is 9.10. The van der Waals surface area contributed by atoms with Crippen LogP contribution < -0.4 is 15.8 Å². The van der Waals surface area contributed by atoms with Crippen LogP contribution >= 0.6 is 27.7 Å². The first-order valence-corrected chi connectivity index (χ1v) is 9.96. The number of nitrogens with zero attached hydrogens (tertiary/aromatic N) is 1. The Hall–Kier alpha value is -2.00. The van der Waals surface area contributed by atoms with Crippen LogP contribution in [-0.2, 0) is 4.79 Å². The number of anilines is 1. The zero-order valence-electron chi connectivity index (χ0n) is 14.1. The highest BCUT2D eigenvalue weighted by Crippen LogP contribution is 2.37. The second-order valence-corrected chi connectivity index (χ2v) is 8.22. The van der Waals surface area contributed by atoms with Gasteiger partial charge in [-0.3, -0.25) is 20.5 Å². The smallest absolute Gasteiger partial charge is 0.270 e. The van der Waals surface area contributed by atoms with Crippen LogP contribution in [0.2, 0.25) is 0 Å². The summed E-state index contributed by atoms with van der Waals surface area (Å²) < 4.78 is 14.1. The van der Waals surface area contributed by atoms with Crippen LogP contribution in [0.4, 0.5) is 10.1 Å². The Morgan fingerprint density at radius 2 is 1.89 bits per heavy atom. The highest BCUT2D eigenvalue weighted by atomic mass is 79.9. The molecule has 2 aliphatic rings. The fourth-order valence-electron chi connectivity index (χ4n) is 3.19. The Kier molecular flexibility index (Phi) is 5.14. The molecule has 0 bridgehead atoms. The number of nitrogens with one attached hydrogen (secondary N) is 3. The lowest BCUT2D eigenvalue weighted by Crippen LogP contribution is -2.28. The number of amidine groups is 1. The monoisotopic (exact) mass is 446 g/mol. The number of carbonyl (C=O) groups excluding carboxylic acids is 1. The number of hydrogen-bond acceptors (Lipinski definition) is 5. The zero-order valence-corrected chi connectivity index (χ0v) is 16.5. The average molecular weight is 447 g/mol. The third-order valence-electron chi connectivity index (χ3n) is 4.53. The van der Waals surface area contributed by atoms with Gasteiger partial charge in [0.1, 0.15) is 5.82 Å². The molecule has 0 aliphatic carbocycles. The van der Waals surface area contributed by atoms with Crippen molar-refractivity contribution in [3.8, 4) is 0 Å². The summed E-state index contributed by atoms with van der Waals surface area (Å²) in [6.07, 6.45) is 1.90. The highest BCUT2D eigenvalue weighted by Gasteiger charge is 2.36. The molecule has 8 heteroatoms. The van der Waals surface area contributed by atoms with Crippen molar-refractivity contribution in [1.82, 2.24) is 10.9 Å². The maximum atomic E-state index is 13.2. The minimum absolute atomic E-state index is 0.0135. The van der Waals surface area contributed by atoms with Gasteiger partial charge in [-0.1, -0.05) is 34.1 Å². The Morgan fingerprint density at radius 3 is 2.59 bits per heavy atom. The average Bonchev–Trinajstić information content (AvgIpc) is 3.22. The van der Waals surface area contributed by atoms with Crippen LogP contribution in [0.1, 0.15) is 11.6 Å². The van der Waals surface area contributed by atoms with E-state index in [0.29, 0.717) is 17.1 Å². The number of hydrazine groups is 1. The number of carbonyl (C=O) groups is 1. The van der Waals surface area contributed by atoms with Crippen molar-refractivity contribution in [3.05, 3.63) is 75.4 Å². The molecule has 0 aromatic heterocycles. The Morgan fingerprint density at radius 1 is 1.19 bits per heavy atom. The minimum atomic E-state index is -0.278. The SMILES string of the molecule is N=C1S/C(=C\C2CNNC2c2ccc(F)cc2)C(=O)N1c1ccc(Br)cc1. The summed E-state index contributed by atoms with van der Waals surface area (Å²) in [4.78, 5) is 14.8. The molecule has 2 aliphatic heterocycles. The third kappa shape index (κ3) is 3.70. The minimum Gasteiger partial charge on any atom is -0.278 e. The van der Waals surface area contributed by atoms with E-state index in [1.807, 2.05) is 18.2 Å². The number of benzene rings is 2. The molecule has 4 rings (SSSR count). The number of thioether (sulfide) groups is 1. The molecule has 138 valence electrons. The van der Waals surface area contributed by atoms with E-state index in [1.54, 1.807) is 24.3 Å². The zero-order chi connectivity index (χ0) is 19.0. The van der Waals surface area contributed by atoms with Crippen molar-refractivity contribution in [1.29, 1.82) is 5.41 Å². The second kappa shape index (κ2) is 7.55.